The SMILES string of the molecule is Cc1cc(C(N)C2CCCCCC2)ccc1Br. The first kappa shape index (κ1) is 13.1. The predicted octanol–water partition coefficient (Wildman–Crippen LogP) is 4.73. The molecule has 0 aromatic heterocycles. The average molecular weight is 296 g/mol. The molecule has 1 atom stereocenters. The summed E-state index contributed by atoms with van der Waals surface area (Å²) >= 11 is 3.55. The van der Waals surface area contributed by atoms with Crippen molar-refractivity contribution in [3.63, 3.8) is 0 Å². The molecule has 1 nitrogen and oxygen atoms in total. The highest BCUT2D eigenvalue weighted by Gasteiger charge is 2.21. The minimum absolute atomic E-state index is 0.222. The van der Waals surface area contributed by atoms with Crippen LogP contribution in [-0.2, 0) is 0 Å². The molecule has 2 rings (SSSR count). The molecule has 0 aliphatic heterocycles. The van der Waals surface area contributed by atoms with Gasteiger partial charge in [0.15, 0.2) is 0 Å². The maximum absolute atomic E-state index is 6.44. The van der Waals surface area contributed by atoms with Gasteiger partial charge in [-0.3, -0.25) is 0 Å². The molecule has 2 heteroatoms. The van der Waals surface area contributed by atoms with Crippen LogP contribution in [0.4, 0.5) is 0 Å². The zero-order valence-corrected chi connectivity index (χ0v) is 12.2. The van der Waals surface area contributed by atoms with Gasteiger partial charge < -0.3 is 5.73 Å². The van der Waals surface area contributed by atoms with E-state index < -0.39 is 0 Å². The van der Waals surface area contributed by atoms with E-state index in [0.29, 0.717) is 5.92 Å². The van der Waals surface area contributed by atoms with Crippen LogP contribution in [0.3, 0.4) is 0 Å². The van der Waals surface area contributed by atoms with Crippen LogP contribution in [0.5, 0.6) is 0 Å². The predicted molar refractivity (Wildman–Crippen MR) is 77.0 cm³/mol. The Bertz CT molecular complexity index is 367. The Labute approximate surface area is 113 Å². The van der Waals surface area contributed by atoms with Crippen LogP contribution in [0.25, 0.3) is 0 Å². The first-order valence-electron chi connectivity index (χ1n) is 6.70. The highest BCUT2D eigenvalue weighted by atomic mass is 79.9. The molecule has 0 spiro atoms. The summed E-state index contributed by atoms with van der Waals surface area (Å²) in [5.74, 6) is 0.679. The summed E-state index contributed by atoms with van der Waals surface area (Å²) in [7, 11) is 0. The van der Waals surface area contributed by atoms with Crippen molar-refractivity contribution in [1.29, 1.82) is 0 Å². The van der Waals surface area contributed by atoms with Gasteiger partial charge in [0.05, 0.1) is 0 Å². The van der Waals surface area contributed by atoms with Crippen LogP contribution in [-0.4, -0.2) is 0 Å². The van der Waals surface area contributed by atoms with Gasteiger partial charge in [-0.25, -0.2) is 0 Å². The van der Waals surface area contributed by atoms with Crippen LogP contribution in [0.1, 0.15) is 55.7 Å². The monoisotopic (exact) mass is 295 g/mol. The molecule has 17 heavy (non-hydrogen) atoms. The fourth-order valence-electron chi connectivity index (χ4n) is 2.82. The Hall–Kier alpha value is -0.340. The molecule has 0 bridgehead atoms. The largest absolute Gasteiger partial charge is 0.324 e. The van der Waals surface area contributed by atoms with E-state index in [-0.39, 0.29) is 6.04 Å². The minimum Gasteiger partial charge on any atom is -0.324 e. The molecular formula is C15H22BrN. The average Bonchev–Trinajstić information content (AvgIpc) is 2.60. The van der Waals surface area contributed by atoms with E-state index in [4.69, 9.17) is 5.73 Å². The van der Waals surface area contributed by atoms with Crippen molar-refractivity contribution in [2.45, 2.75) is 51.5 Å². The highest BCUT2D eigenvalue weighted by Crippen LogP contribution is 2.33. The van der Waals surface area contributed by atoms with Crippen molar-refractivity contribution >= 4 is 15.9 Å². The summed E-state index contributed by atoms with van der Waals surface area (Å²) in [5.41, 5.74) is 9.03. The summed E-state index contributed by atoms with van der Waals surface area (Å²) in [6.07, 6.45) is 8.10. The highest BCUT2D eigenvalue weighted by molar-refractivity contribution is 9.10. The normalized spacial score (nSPS) is 19.9. The first-order valence-corrected chi connectivity index (χ1v) is 7.49. The lowest BCUT2D eigenvalue weighted by molar-refractivity contribution is 0.382. The molecular weight excluding hydrogens is 274 g/mol. The molecule has 1 aromatic carbocycles. The fraction of sp³-hybridized carbons (Fsp3) is 0.600. The topological polar surface area (TPSA) is 26.0 Å². The fourth-order valence-corrected chi connectivity index (χ4v) is 3.06. The molecule has 1 aliphatic carbocycles. The standard InChI is InChI=1S/C15H22BrN/c1-11-10-13(8-9-14(11)16)15(17)12-6-4-2-3-5-7-12/h8-10,12,15H,2-7,17H2,1H3. The van der Waals surface area contributed by atoms with Gasteiger partial charge in [-0.1, -0.05) is 53.7 Å². The molecule has 94 valence electrons. The van der Waals surface area contributed by atoms with E-state index in [2.05, 4.69) is 41.1 Å². The van der Waals surface area contributed by atoms with E-state index in [1.807, 2.05) is 0 Å². The molecule has 0 amide bonds. The molecule has 1 unspecified atom stereocenters. The number of nitrogens with two attached hydrogens (primary N) is 1. The molecule has 2 N–H and O–H groups in total. The van der Waals surface area contributed by atoms with Gasteiger partial charge in [0.25, 0.3) is 0 Å². The summed E-state index contributed by atoms with van der Waals surface area (Å²) < 4.78 is 1.18. The number of rotatable bonds is 2. The van der Waals surface area contributed by atoms with Crippen molar-refractivity contribution in [3.05, 3.63) is 33.8 Å². The summed E-state index contributed by atoms with van der Waals surface area (Å²) in [6.45, 7) is 2.13. The Morgan fingerprint density at radius 3 is 2.41 bits per heavy atom. The van der Waals surface area contributed by atoms with Crippen molar-refractivity contribution in [3.8, 4) is 0 Å². The Morgan fingerprint density at radius 1 is 1.18 bits per heavy atom. The zero-order valence-electron chi connectivity index (χ0n) is 10.6. The number of hydrogen-bond donors (Lipinski definition) is 1. The summed E-state index contributed by atoms with van der Waals surface area (Å²) in [4.78, 5) is 0. The van der Waals surface area contributed by atoms with Crippen molar-refractivity contribution in [1.82, 2.24) is 0 Å². The van der Waals surface area contributed by atoms with Gasteiger partial charge in [-0.2, -0.15) is 0 Å². The molecule has 1 saturated carbocycles. The smallest absolute Gasteiger partial charge is 0.0323 e. The van der Waals surface area contributed by atoms with Crippen LogP contribution in [0.15, 0.2) is 22.7 Å². The lowest BCUT2D eigenvalue weighted by atomic mass is 9.87. The molecule has 0 heterocycles. The maximum atomic E-state index is 6.44. The molecule has 1 aliphatic rings. The van der Waals surface area contributed by atoms with Crippen LogP contribution in [0, 0.1) is 12.8 Å². The van der Waals surface area contributed by atoms with Crippen molar-refractivity contribution in [2.24, 2.45) is 11.7 Å². The first-order chi connectivity index (χ1) is 8.18. The third-order valence-electron chi connectivity index (χ3n) is 3.97. The molecule has 1 fully saturated rings. The third-order valence-corrected chi connectivity index (χ3v) is 4.86. The van der Waals surface area contributed by atoms with Crippen molar-refractivity contribution in [2.75, 3.05) is 0 Å². The number of hydrogen-bond acceptors (Lipinski definition) is 1. The van der Waals surface area contributed by atoms with Gasteiger partial charge in [0, 0.05) is 10.5 Å². The number of benzene rings is 1. The van der Waals surface area contributed by atoms with Gasteiger partial charge in [-0.15, -0.1) is 0 Å². The Balaban J connectivity index is 2.11. The molecule has 0 radical (unpaired) electrons. The van der Waals surface area contributed by atoms with Gasteiger partial charge >= 0.3 is 0 Å². The van der Waals surface area contributed by atoms with E-state index in [1.54, 1.807) is 0 Å². The van der Waals surface area contributed by atoms with E-state index in [1.165, 1.54) is 54.1 Å². The van der Waals surface area contributed by atoms with E-state index in [9.17, 15) is 0 Å². The third kappa shape index (κ3) is 3.32. The minimum atomic E-state index is 0.222. The second-order valence-corrected chi connectivity index (χ2v) is 6.14. The van der Waals surface area contributed by atoms with E-state index in [0.717, 1.165) is 0 Å². The Morgan fingerprint density at radius 2 is 1.82 bits per heavy atom. The van der Waals surface area contributed by atoms with Crippen molar-refractivity contribution < 1.29 is 0 Å². The molecule has 0 saturated heterocycles. The quantitative estimate of drug-likeness (QED) is 0.785. The van der Waals surface area contributed by atoms with Crippen LogP contribution in [0.2, 0.25) is 0 Å². The lowest BCUT2D eigenvalue weighted by Crippen LogP contribution is -2.21. The summed E-state index contributed by atoms with van der Waals surface area (Å²) in [6, 6.07) is 6.76. The second kappa shape index (κ2) is 6.01. The second-order valence-electron chi connectivity index (χ2n) is 5.29. The molecule has 1 aromatic rings. The summed E-state index contributed by atoms with van der Waals surface area (Å²) in [5, 5.41) is 0. The van der Waals surface area contributed by atoms with E-state index >= 15 is 0 Å². The van der Waals surface area contributed by atoms with Gasteiger partial charge in [-0.05, 0) is 42.9 Å². The zero-order chi connectivity index (χ0) is 12.3. The number of aryl methyl sites for hydroxylation is 1. The lowest BCUT2D eigenvalue weighted by Gasteiger charge is -2.23. The van der Waals surface area contributed by atoms with Gasteiger partial charge in [0.1, 0.15) is 0 Å². The Kier molecular flexibility index (Phi) is 4.63. The van der Waals surface area contributed by atoms with Crippen LogP contribution >= 0.6 is 15.9 Å². The number of halogens is 1. The van der Waals surface area contributed by atoms with Gasteiger partial charge in [0.2, 0.25) is 0 Å². The maximum Gasteiger partial charge on any atom is 0.0323 e. The van der Waals surface area contributed by atoms with Crippen LogP contribution < -0.4 is 5.73 Å².